The average Bonchev–Trinajstić information content (AvgIpc) is 3.24. The monoisotopic (exact) mass is 834 g/mol. The summed E-state index contributed by atoms with van der Waals surface area (Å²) >= 11 is 0. The van der Waals surface area contributed by atoms with Crippen molar-refractivity contribution in [1.29, 1.82) is 0 Å². The van der Waals surface area contributed by atoms with Crippen LogP contribution in [0.5, 0.6) is 0 Å². The van der Waals surface area contributed by atoms with E-state index in [1.54, 1.807) is 116 Å². The van der Waals surface area contributed by atoms with E-state index in [0.29, 0.717) is 35.8 Å². The second-order valence-electron chi connectivity index (χ2n) is 13.3. The van der Waals surface area contributed by atoms with E-state index in [1.807, 2.05) is 56.3 Å². The van der Waals surface area contributed by atoms with Crippen LogP contribution in [0, 0.1) is 0 Å². The van der Waals surface area contributed by atoms with Crippen LogP contribution in [0.15, 0.2) is 163 Å². The van der Waals surface area contributed by atoms with E-state index < -0.39 is 20.0 Å². The van der Waals surface area contributed by atoms with Crippen molar-refractivity contribution in [1.82, 2.24) is 20.6 Å². The fraction of sp³-hybridized carbons (Fsp3) is 0.163. The first-order chi connectivity index (χ1) is 28.3. The number of nitrogens with one attached hydrogen (secondary N) is 4. The van der Waals surface area contributed by atoms with Crippen LogP contribution in [-0.4, -0.2) is 52.0 Å². The quantitative estimate of drug-likeness (QED) is 0.0877. The Kier molecular flexibility index (Phi) is 15.1. The number of pyridine rings is 2. The molecule has 4 N–H and O–H groups in total. The molecule has 6 aromatic rings. The van der Waals surface area contributed by atoms with Gasteiger partial charge in [-0.05, 0) is 115 Å². The number of aromatic nitrogens is 2. The number of hydrogen-bond acceptors (Lipinski definition) is 8. The van der Waals surface area contributed by atoms with Gasteiger partial charge in [0.1, 0.15) is 0 Å². The van der Waals surface area contributed by atoms with E-state index in [4.69, 9.17) is 0 Å². The molecule has 16 heteroatoms. The van der Waals surface area contributed by atoms with Gasteiger partial charge in [-0.1, -0.05) is 48.5 Å². The van der Waals surface area contributed by atoms with E-state index in [0.717, 1.165) is 16.7 Å². The van der Waals surface area contributed by atoms with Gasteiger partial charge in [0.25, 0.3) is 10.0 Å². The number of sulfonamides is 2. The maximum Gasteiger partial charge on any atom is 0.319 e. The van der Waals surface area contributed by atoms with Gasteiger partial charge in [-0.2, -0.15) is 0 Å². The first-order valence-corrected chi connectivity index (χ1v) is 21.5. The van der Waals surface area contributed by atoms with Gasteiger partial charge in [0, 0.05) is 62.3 Å². The first kappa shape index (κ1) is 43.3. The van der Waals surface area contributed by atoms with Crippen LogP contribution in [-0.2, 0) is 38.9 Å². The van der Waals surface area contributed by atoms with Gasteiger partial charge in [-0.15, -0.1) is 0 Å². The van der Waals surface area contributed by atoms with Crippen LogP contribution in [0.4, 0.5) is 32.3 Å². The fourth-order valence-electron chi connectivity index (χ4n) is 5.63. The maximum absolute atomic E-state index is 13.1. The predicted octanol–water partition coefficient (Wildman–Crippen LogP) is 7.38. The zero-order valence-corrected chi connectivity index (χ0v) is 34.4. The molecule has 14 nitrogen and oxygen atoms in total. The molecule has 0 unspecified atom stereocenters. The molecule has 0 atom stereocenters. The topological polar surface area (TPSA) is 183 Å². The third kappa shape index (κ3) is 12.9. The van der Waals surface area contributed by atoms with Crippen molar-refractivity contribution in [3.05, 3.63) is 175 Å². The van der Waals surface area contributed by atoms with Gasteiger partial charge in [-0.25, -0.2) is 26.4 Å². The van der Waals surface area contributed by atoms with Gasteiger partial charge in [0.05, 0.1) is 22.0 Å². The molecule has 0 aliphatic heterocycles. The molecule has 59 heavy (non-hydrogen) atoms. The van der Waals surface area contributed by atoms with Crippen LogP contribution in [0.1, 0.15) is 30.5 Å². The summed E-state index contributed by atoms with van der Waals surface area (Å²) in [6.45, 7) is 4.40. The number of urea groups is 2. The van der Waals surface area contributed by atoms with Crippen molar-refractivity contribution in [2.45, 2.75) is 43.6 Å². The van der Waals surface area contributed by atoms with Crippen LogP contribution >= 0.6 is 0 Å². The molecular formula is C43H46N8O6S2. The molecule has 6 rings (SSSR count). The molecule has 2 heterocycles. The second kappa shape index (κ2) is 20.6. The number of nitrogens with zero attached hydrogens (tertiary/aromatic N) is 4. The van der Waals surface area contributed by atoms with Crippen molar-refractivity contribution in [2.75, 3.05) is 26.3 Å². The molecule has 0 fully saturated rings. The molecule has 0 radical (unpaired) electrons. The van der Waals surface area contributed by atoms with E-state index >= 15 is 0 Å². The SMILES string of the molecule is CC(C)N(c1ccc(NC(=O)NCc2ccncc2)cc1)S(=O)(=O)c1ccccc1.CN(c1ccc(NC(=O)NCc2ccncc2)cc1)S(=O)(=O)Cc1ccccc1. The highest BCUT2D eigenvalue weighted by Gasteiger charge is 2.27. The summed E-state index contributed by atoms with van der Waals surface area (Å²) in [5, 5.41) is 11.0. The highest BCUT2D eigenvalue weighted by atomic mass is 32.2. The Morgan fingerprint density at radius 3 is 1.42 bits per heavy atom. The van der Waals surface area contributed by atoms with E-state index in [-0.39, 0.29) is 28.8 Å². The van der Waals surface area contributed by atoms with Gasteiger partial charge < -0.3 is 21.3 Å². The predicted molar refractivity (Wildman–Crippen MR) is 232 cm³/mol. The summed E-state index contributed by atoms with van der Waals surface area (Å²) in [5.41, 5.74) is 4.77. The Balaban J connectivity index is 0.000000224. The zero-order chi connectivity index (χ0) is 42.3. The Hall–Kier alpha value is -6.78. The molecule has 0 saturated carbocycles. The van der Waals surface area contributed by atoms with Crippen molar-refractivity contribution >= 4 is 54.9 Å². The number of hydrogen-bond donors (Lipinski definition) is 4. The minimum Gasteiger partial charge on any atom is -0.334 e. The molecular weight excluding hydrogens is 789 g/mol. The highest BCUT2D eigenvalue weighted by Crippen LogP contribution is 2.27. The lowest BCUT2D eigenvalue weighted by atomic mass is 10.2. The van der Waals surface area contributed by atoms with Crippen LogP contribution < -0.4 is 29.9 Å². The lowest BCUT2D eigenvalue weighted by molar-refractivity contribution is 0.251. The molecule has 0 saturated heterocycles. The smallest absolute Gasteiger partial charge is 0.319 e. The third-order valence-corrected chi connectivity index (χ3v) is 12.4. The van der Waals surface area contributed by atoms with Crippen LogP contribution in [0.2, 0.25) is 0 Å². The second-order valence-corrected chi connectivity index (χ2v) is 17.2. The zero-order valence-electron chi connectivity index (χ0n) is 32.8. The minimum atomic E-state index is -3.70. The van der Waals surface area contributed by atoms with E-state index in [2.05, 4.69) is 31.2 Å². The Morgan fingerprint density at radius 1 is 0.559 bits per heavy atom. The largest absolute Gasteiger partial charge is 0.334 e. The maximum atomic E-state index is 13.1. The number of carbonyl (C=O) groups is 2. The number of rotatable bonds is 14. The van der Waals surface area contributed by atoms with E-state index in [9.17, 15) is 26.4 Å². The molecule has 0 aliphatic rings. The fourth-order valence-corrected chi connectivity index (χ4v) is 8.56. The highest BCUT2D eigenvalue weighted by molar-refractivity contribution is 7.93. The summed E-state index contributed by atoms with van der Waals surface area (Å²) in [4.78, 5) is 32.2. The van der Waals surface area contributed by atoms with Crippen LogP contribution in [0.3, 0.4) is 0 Å². The minimum absolute atomic E-state index is 0.0816. The first-order valence-electron chi connectivity index (χ1n) is 18.5. The molecule has 306 valence electrons. The molecule has 0 aliphatic carbocycles. The molecule has 4 amide bonds. The summed E-state index contributed by atoms with van der Waals surface area (Å²) in [7, 11) is -5.70. The number of benzene rings is 4. The Morgan fingerprint density at radius 2 is 0.983 bits per heavy atom. The van der Waals surface area contributed by atoms with Crippen LogP contribution in [0.25, 0.3) is 0 Å². The number of carbonyl (C=O) groups excluding carboxylic acids is 2. The third-order valence-electron chi connectivity index (χ3n) is 8.65. The summed E-state index contributed by atoms with van der Waals surface area (Å²) in [6.07, 6.45) is 6.65. The number of amides is 4. The summed E-state index contributed by atoms with van der Waals surface area (Å²) < 4.78 is 54.1. The van der Waals surface area contributed by atoms with Gasteiger partial charge in [-0.3, -0.25) is 18.6 Å². The van der Waals surface area contributed by atoms with Crippen molar-refractivity contribution < 1.29 is 26.4 Å². The summed E-state index contributed by atoms with van der Waals surface area (Å²) in [5.74, 6) is -0.0816. The Labute approximate surface area is 345 Å². The molecule has 2 aromatic heterocycles. The molecule has 0 spiro atoms. The normalized spacial score (nSPS) is 11.1. The Bertz CT molecular complexity index is 2460. The van der Waals surface area contributed by atoms with Gasteiger partial charge in [0.2, 0.25) is 10.0 Å². The van der Waals surface area contributed by atoms with Crippen molar-refractivity contribution in [3.8, 4) is 0 Å². The lowest BCUT2D eigenvalue weighted by Gasteiger charge is -2.28. The van der Waals surface area contributed by atoms with E-state index in [1.165, 1.54) is 15.7 Å². The standard InChI is InChI=1S/C22H24N4O3S.C21H22N4O3S/c1-17(2)26(30(28,29)21-6-4-3-5-7-21)20-10-8-19(9-11-20)25-22(27)24-16-18-12-14-23-15-13-18;1-25(29(27,28)16-18-5-3-2-4-6-18)20-9-7-19(8-10-20)24-21(26)23-15-17-11-13-22-14-12-17/h3-15,17H,16H2,1-2H3,(H2,24,25,27);2-14H,15-16H2,1H3,(H2,23,24,26). The van der Waals surface area contributed by atoms with Gasteiger partial charge >= 0.3 is 12.1 Å². The van der Waals surface area contributed by atoms with Crippen molar-refractivity contribution in [3.63, 3.8) is 0 Å². The average molecular weight is 835 g/mol. The summed E-state index contributed by atoms with van der Waals surface area (Å²) in [6, 6.07) is 37.0. The van der Waals surface area contributed by atoms with Crippen molar-refractivity contribution in [2.24, 2.45) is 0 Å². The lowest BCUT2D eigenvalue weighted by Crippen LogP contribution is -2.37. The number of anilines is 4. The van der Waals surface area contributed by atoms with Gasteiger partial charge in [0.15, 0.2) is 0 Å². The molecule has 0 bridgehead atoms. The molecule has 4 aromatic carbocycles.